The van der Waals surface area contributed by atoms with E-state index in [4.69, 9.17) is 0 Å². The van der Waals surface area contributed by atoms with Crippen LogP contribution in [0.3, 0.4) is 0 Å². The van der Waals surface area contributed by atoms with Gasteiger partial charge in [0.05, 0.1) is 5.69 Å². The molecule has 4 aromatic rings. The molecule has 6 nitrogen and oxygen atoms in total. The molecule has 0 radical (unpaired) electrons. The van der Waals surface area contributed by atoms with Crippen molar-refractivity contribution in [3.05, 3.63) is 71.4 Å². The Bertz CT molecular complexity index is 1000. The van der Waals surface area contributed by atoms with Crippen LogP contribution in [0.5, 0.6) is 0 Å². The number of hydrogen-bond acceptors (Lipinski definition) is 5. The Kier molecular flexibility index (Phi) is 3.49. The Morgan fingerprint density at radius 3 is 2.62 bits per heavy atom. The molecule has 0 aliphatic carbocycles. The first kappa shape index (κ1) is 14.4. The first-order chi connectivity index (χ1) is 11.7. The van der Waals surface area contributed by atoms with Crippen molar-refractivity contribution in [1.82, 2.24) is 29.8 Å². The molecular formula is C18H16N6. The standard InChI is InChI=1S/C18H16N6/c1-12-10-19-18(20-11-12)15-5-3-4-14(8-15)9-17-22-21-16-7-6-13(2)23-24(16)17/h3-8,10-11H,9H2,1-2H3. The van der Waals surface area contributed by atoms with Gasteiger partial charge in [0.1, 0.15) is 0 Å². The Labute approximate surface area is 139 Å². The fraction of sp³-hybridized carbons (Fsp3) is 0.167. The lowest BCUT2D eigenvalue weighted by molar-refractivity contribution is 0.820. The van der Waals surface area contributed by atoms with Crippen LogP contribution < -0.4 is 0 Å². The fourth-order valence-electron chi connectivity index (χ4n) is 2.58. The number of rotatable bonds is 3. The molecule has 24 heavy (non-hydrogen) atoms. The Balaban J connectivity index is 1.68. The summed E-state index contributed by atoms with van der Waals surface area (Å²) < 4.78 is 1.80. The van der Waals surface area contributed by atoms with Crippen LogP contribution in [0.2, 0.25) is 0 Å². The second-order valence-corrected chi connectivity index (χ2v) is 5.82. The van der Waals surface area contributed by atoms with Gasteiger partial charge in [-0.1, -0.05) is 18.2 Å². The molecule has 4 rings (SSSR count). The van der Waals surface area contributed by atoms with E-state index >= 15 is 0 Å². The average molecular weight is 316 g/mol. The predicted octanol–water partition coefficient (Wildman–Crippen LogP) is 2.79. The van der Waals surface area contributed by atoms with Gasteiger partial charge in [-0.2, -0.15) is 9.61 Å². The molecule has 1 aromatic carbocycles. The van der Waals surface area contributed by atoms with E-state index in [1.54, 1.807) is 4.52 Å². The van der Waals surface area contributed by atoms with E-state index < -0.39 is 0 Å². The minimum absolute atomic E-state index is 0.650. The minimum atomic E-state index is 0.650. The van der Waals surface area contributed by atoms with Crippen LogP contribution in [0.15, 0.2) is 48.8 Å². The van der Waals surface area contributed by atoms with Gasteiger partial charge < -0.3 is 0 Å². The summed E-state index contributed by atoms with van der Waals surface area (Å²) in [5.74, 6) is 1.54. The molecule has 0 saturated heterocycles. The molecular weight excluding hydrogens is 300 g/mol. The summed E-state index contributed by atoms with van der Waals surface area (Å²) in [7, 11) is 0. The molecule has 6 heteroatoms. The number of aromatic nitrogens is 6. The molecule has 0 saturated carbocycles. The normalized spacial score (nSPS) is 11.1. The van der Waals surface area contributed by atoms with Crippen molar-refractivity contribution in [3.63, 3.8) is 0 Å². The largest absolute Gasteiger partial charge is 0.236 e. The van der Waals surface area contributed by atoms with Crippen molar-refractivity contribution in [2.45, 2.75) is 20.3 Å². The molecule has 0 aliphatic rings. The lowest BCUT2D eigenvalue weighted by Crippen LogP contribution is -2.01. The van der Waals surface area contributed by atoms with E-state index in [1.807, 2.05) is 50.5 Å². The molecule has 0 fully saturated rings. The van der Waals surface area contributed by atoms with Crippen LogP contribution in [-0.2, 0) is 6.42 Å². The SMILES string of the molecule is Cc1cnc(-c2cccc(Cc3nnc4ccc(C)nn34)c2)nc1. The van der Waals surface area contributed by atoms with Gasteiger partial charge in [0, 0.05) is 24.4 Å². The number of hydrogen-bond donors (Lipinski definition) is 0. The van der Waals surface area contributed by atoms with Crippen molar-refractivity contribution in [1.29, 1.82) is 0 Å². The van der Waals surface area contributed by atoms with Crippen LogP contribution in [-0.4, -0.2) is 29.8 Å². The van der Waals surface area contributed by atoms with Crippen LogP contribution in [0, 0.1) is 13.8 Å². The molecule has 0 N–H and O–H groups in total. The summed E-state index contributed by atoms with van der Waals surface area (Å²) in [5, 5.41) is 12.9. The van der Waals surface area contributed by atoms with E-state index in [9.17, 15) is 0 Å². The summed E-state index contributed by atoms with van der Waals surface area (Å²) in [6.07, 6.45) is 4.30. The topological polar surface area (TPSA) is 68.9 Å². The maximum atomic E-state index is 4.49. The molecule has 3 heterocycles. The lowest BCUT2D eigenvalue weighted by atomic mass is 10.1. The van der Waals surface area contributed by atoms with Gasteiger partial charge in [-0.25, -0.2) is 9.97 Å². The number of fused-ring (bicyclic) bond motifs is 1. The van der Waals surface area contributed by atoms with Crippen LogP contribution >= 0.6 is 0 Å². The summed E-state index contributed by atoms with van der Waals surface area (Å²) in [5.41, 5.74) is 4.85. The van der Waals surface area contributed by atoms with Gasteiger partial charge in [0.15, 0.2) is 17.3 Å². The molecule has 0 spiro atoms. The third-order valence-electron chi connectivity index (χ3n) is 3.79. The average Bonchev–Trinajstić information content (AvgIpc) is 2.98. The zero-order valence-corrected chi connectivity index (χ0v) is 13.5. The number of nitrogens with zero attached hydrogens (tertiary/aromatic N) is 6. The van der Waals surface area contributed by atoms with Crippen LogP contribution in [0.25, 0.3) is 17.0 Å². The Morgan fingerprint density at radius 2 is 1.79 bits per heavy atom. The molecule has 0 unspecified atom stereocenters. The van der Waals surface area contributed by atoms with Crippen molar-refractivity contribution in [2.24, 2.45) is 0 Å². The number of aryl methyl sites for hydroxylation is 2. The predicted molar refractivity (Wildman–Crippen MR) is 90.5 cm³/mol. The highest BCUT2D eigenvalue weighted by molar-refractivity contribution is 5.56. The highest BCUT2D eigenvalue weighted by Crippen LogP contribution is 2.18. The van der Waals surface area contributed by atoms with Gasteiger partial charge in [-0.15, -0.1) is 10.2 Å². The lowest BCUT2D eigenvalue weighted by Gasteiger charge is -2.04. The van der Waals surface area contributed by atoms with Crippen molar-refractivity contribution >= 4 is 5.65 Å². The fourth-order valence-corrected chi connectivity index (χ4v) is 2.58. The second-order valence-electron chi connectivity index (χ2n) is 5.82. The molecule has 118 valence electrons. The summed E-state index contributed by atoms with van der Waals surface area (Å²) in [6.45, 7) is 3.93. The molecule has 0 amide bonds. The molecule has 0 bridgehead atoms. The van der Waals surface area contributed by atoms with Crippen LogP contribution in [0.4, 0.5) is 0 Å². The summed E-state index contributed by atoms with van der Waals surface area (Å²) in [4.78, 5) is 8.78. The third kappa shape index (κ3) is 2.74. The Hall–Kier alpha value is -3.15. The van der Waals surface area contributed by atoms with Crippen molar-refractivity contribution in [3.8, 4) is 11.4 Å². The molecule has 0 aliphatic heterocycles. The first-order valence-electron chi connectivity index (χ1n) is 7.75. The van der Waals surface area contributed by atoms with Gasteiger partial charge in [-0.3, -0.25) is 0 Å². The molecule has 0 atom stereocenters. The monoisotopic (exact) mass is 316 g/mol. The van der Waals surface area contributed by atoms with Gasteiger partial charge in [0.25, 0.3) is 0 Å². The smallest absolute Gasteiger partial charge is 0.177 e. The summed E-state index contributed by atoms with van der Waals surface area (Å²) >= 11 is 0. The van der Waals surface area contributed by atoms with E-state index in [2.05, 4.69) is 37.4 Å². The quantitative estimate of drug-likeness (QED) is 0.581. The van der Waals surface area contributed by atoms with Crippen molar-refractivity contribution in [2.75, 3.05) is 0 Å². The van der Waals surface area contributed by atoms with Crippen molar-refractivity contribution < 1.29 is 0 Å². The van der Waals surface area contributed by atoms with E-state index in [0.717, 1.165) is 39.7 Å². The minimum Gasteiger partial charge on any atom is -0.236 e. The van der Waals surface area contributed by atoms with Crippen LogP contribution in [0.1, 0.15) is 22.6 Å². The highest BCUT2D eigenvalue weighted by atomic mass is 15.4. The first-order valence-corrected chi connectivity index (χ1v) is 7.75. The second kappa shape index (κ2) is 5.81. The zero-order chi connectivity index (χ0) is 16.5. The van der Waals surface area contributed by atoms with Gasteiger partial charge >= 0.3 is 0 Å². The maximum Gasteiger partial charge on any atom is 0.177 e. The zero-order valence-electron chi connectivity index (χ0n) is 13.5. The maximum absolute atomic E-state index is 4.49. The van der Waals surface area contributed by atoms with E-state index in [-0.39, 0.29) is 0 Å². The summed E-state index contributed by atoms with van der Waals surface area (Å²) in [6, 6.07) is 12.0. The van der Waals surface area contributed by atoms with E-state index in [0.29, 0.717) is 6.42 Å². The van der Waals surface area contributed by atoms with E-state index in [1.165, 1.54) is 0 Å². The van der Waals surface area contributed by atoms with Gasteiger partial charge in [0.2, 0.25) is 0 Å². The highest BCUT2D eigenvalue weighted by Gasteiger charge is 2.09. The molecule has 3 aromatic heterocycles. The number of benzene rings is 1. The van der Waals surface area contributed by atoms with Gasteiger partial charge in [-0.05, 0) is 43.2 Å². The Morgan fingerprint density at radius 1 is 0.958 bits per heavy atom. The third-order valence-corrected chi connectivity index (χ3v) is 3.79.